The Morgan fingerprint density at radius 2 is 2.12 bits per heavy atom. The molecule has 11 nitrogen and oxygen atoms in total. The smallest absolute Gasteiger partial charge is 0.255 e. The molecule has 0 unspecified atom stereocenters. The maximum atomic E-state index is 12.8. The van der Waals surface area contributed by atoms with Crippen LogP contribution in [0.25, 0.3) is 11.4 Å². The molecule has 33 heavy (non-hydrogen) atoms. The van der Waals surface area contributed by atoms with Gasteiger partial charge in [-0.25, -0.2) is 9.97 Å². The molecular formula is C21H20ClN9O2. The molecule has 0 saturated heterocycles. The van der Waals surface area contributed by atoms with Crippen LogP contribution in [0.1, 0.15) is 16.1 Å². The average Bonchev–Trinajstić information content (AvgIpc) is 3.38. The van der Waals surface area contributed by atoms with Gasteiger partial charge in [-0.05, 0) is 18.2 Å². The highest BCUT2D eigenvalue weighted by atomic mass is 35.5. The van der Waals surface area contributed by atoms with Crippen LogP contribution in [0.15, 0.2) is 36.7 Å². The number of halogens is 1. The molecule has 3 aromatic heterocycles. The van der Waals surface area contributed by atoms with Crippen LogP contribution < -0.4 is 20.7 Å². The predicted octanol–water partition coefficient (Wildman–Crippen LogP) is 3.04. The van der Waals surface area contributed by atoms with E-state index < -0.39 is 0 Å². The molecule has 0 radical (unpaired) electrons. The summed E-state index contributed by atoms with van der Waals surface area (Å²) in [5.74, 6) is 1.16. The van der Waals surface area contributed by atoms with Crippen molar-refractivity contribution in [1.29, 1.82) is 0 Å². The van der Waals surface area contributed by atoms with Crippen LogP contribution in [0.2, 0.25) is 5.02 Å². The van der Waals surface area contributed by atoms with Crippen LogP contribution in [0.3, 0.4) is 0 Å². The van der Waals surface area contributed by atoms with Gasteiger partial charge >= 0.3 is 0 Å². The molecule has 0 bridgehead atoms. The minimum Gasteiger partial charge on any atom is -0.493 e. The number of para-hydroxylation sites is 1. The van der Waals surface area contributed by atoms with Crippen molar-refractivity contribution < 1.29 is 9.53 Å². The summed E-state index contributed by atoms with van der Waals surface area (Å²) in [7, 11) is 3.26. The Labute approximate surface area is 193 Å². The number of ether oxygens (including phenoxy) is 1. The van der Waals surface area contributed by atoms with Crippen LogP contribution in [0.4, 0.5) is 23.1 Å². The monoisotopic (exact) mass is 465 g/mol. The number of nitrogens with one attached hydrogen (secondary N) is 4. The highest BCUT2D eigenvalue weighted by Crippen LogP contribution is 2.40. The van der Waals surface area contributed by atoms with Crippen LogP contribution >= 0.6 is 11.6 Å². The van der Waals surface area contributed by atoms with Crippen molar-refractivity contribution >= 4 is 40.6 Å². The molecule has 0 atom stereocenters. The van der Waals surface area contributed by atoms with E-state index in [9.17, 15) is 4.79 Å². The number of carbonyl (C=O) groups is 1. The van der Waals surface area contributed by atoms with Crippen LogP contribution in [-0.2, 0) is 13.5 Å². The fraction of sp³-hybridized carbons (Fsp3) is 0.190. The van der Waals surface area contributed by atoms with Gasteiger partial charge in [0.1, 0.15) is 0 Å². The second kappa shape index (κ2) is 8.43. The zero-order valence-corrected chi connectivity index (χ0v) is 18.6. The van der Waals surface area contributed by atoms with E-state index in [1.807, 2.05) is 6.07 Å². The second-order valence-electron chi connectivity index (χ2n) is 7.29. The Hall–Kier alpha value is -4.12. The number of H-pyrrole nitrogens is 1. The van der Waals surface area contributed by atoms with Crippen LogP contribution in [-0.4, -0.2) is 49.5 Å². The highest BCUT2D eigenvalue weighted by molar-refractivity contribution is 6.32. The van der Waals surface area contributed by atoms with Gasteiger partial charge in [0.15, 0.2) is 11.6 Å². The Morgan fingerprint density at radius 3 is 2.91 bits per heavy atom. The van der Waals surface area contributed by atoms with Crippen molar-refractivity contribution in [3.8, 4) is 17.1 Å². The molecule has 0 saturated carbocycles. The number of methoxy groups -OCH3 is 1. The number of anilines is 4. The fourth-order valence-corrected chi connectivity index (χ4v) is 3.97. The van der Waals surface area contributed by atoms with Crippen molar-refractivity contribution in [3.63, 3.8) is 0 Å². The lowest BCUT2D eigenvalue weighted by Gasteiger charge is -2.16. The third-order valence-electron chi connectivity index (χ3n) is 5.15. The van der Waals surface area contributed by atoms with Crippen molar-refractivity contribution in [2.75, 3.05) is 24.3 Å². The van der Waals surface area contributed by atoms with Gasteiger partial charge in [0, 0.05) is 31.9 Å². The minimum absolute atomic E-state index is 0.172. The Balaban J connectivity index is 1.59. The predicted molar refractivity (Wildman–Crippen MR) is 123 cm³/mol. The van der Waals surface area contributed by atoms with Gasteiger partial charge in [0.2, 0.25) is 5.95 Å². The summed E-state index contributed by atoms with van der Waals surface area (Å²) in [5, 5.41) is 17.9. The molecule has 5 rings (SSSR count). The molecule has 1 aliphatic rings. The average molecular weight is 466 g/mol. The van der Waals surface area contributed by atoms with Gasteiger partial charge in [0.25, 0.3) is 5.91 Å². The Kier molecular flexibility index (Phi) is 5.31. The van der Waals surface area contributed by atoms with E-state index in [0.717, 1.165) is 5.69 Å². The maximum Gasteiger partial charge on any atom is 0.255 e. The van der Waals surface area contributed by atoms with Crippen molar-refractivity contribution in [2.24, 2.45) is 7.05 Å². The molecule has 0 spiro atoms. The number of aromatic amines is 1. The second-order valence-corrected chi connectivity index (χ2v) is 7.70. The highest BCUT2D eigenvalue weighted by Gasteiger charge is 2.28. The van der Waals surface area contributed by atoms with E-state index in [0.29, 0.717) is 63.8 Å². The Bertz CT molecular complexity index is 1350. The summed E-state index contributed by atoms with van der Waals surface area (Å²) in [4.78, 5) is 26.5. The summed E-state index contributed by atoms with van der Waals surface area (Å²) < 4.78 is 5.47. The van der Waals surface area contributed by atoms with Gasteiger partial charge in [-0.3, -0.25) is 4.79 Å². The lowest BCUT2D eigenvalue weighted by molar-refractivity contribution is 0.0947. The van der Waals surface area contributed by atoms with Gasteiger partial charge in [-0.2, -0.15) is 9.90 Å². The number of hydrogen-bond donors (Lipinski definition) is 4. The number of amides is 1. The number of carbonyl (C=O) groups excluding carboxylic acids is 1. The van der Waals surface area contributed by atoms with E-state index in [1.54, 1.807) is 44.8 Å². The maximum absolute atomic E-state index is 12.8. The van der Waals surface area contributed by atoms with Gasteiger partial charge in [-0.1, -0.05) is 17.7 Å². The minimum atomic E-state index is -0.172. The lowest BCUT2D eigenvalue weighted by atomic mass is 10.1. The third kappa shape index (κ3) is 3.94. The van der Waals surface area contributed by atoms with E-state index in [2.05, 4.69) is 41.1 Å². The summed E-state index contributed by atoms with van der Waals surface area (Å²) in [6.07, 6.45) is 3.87. The lowest BCUT2D eigenvalue weighted by Crippen LogP contribution is -2.31. The number of benzene rings is 1. The molecule has 12 heteroatoms. The number of hydrogen-bond acceptors (Lipinski definition) is 8. The first kappa shape index (κ1) is 20.8. The SMILES string of the molecule is COc1c(Cl)cccc1Nc1c(-c2ccnc(Nc3cnn(C)n3)n2)[nH]c2c1C(=O)NCC2. The zero-order chi connectivity index (χ0) is 22.9. The number of aryl methyl sites for hydroxylation is 1. The van der Waals surface area contributed by atoms with Crippen LogP contribution in [0, 0.1) is 0 Å². The largest absolute Gasteiger partial charge is 0.493 e. The van der Waals surface area contributed by atoms with Gasteiger partial charge < -0.3 is 25.7 Å². The fourth-order valence-electron chi connectivity index (χ4n) is 3.72. The van der Waals surface area contributed by atoms with Crippen molar-refractivity contribution in [1.82, 2.24) is 35.3 Å². The summed E-state index contributed by atoms with van der Waals surface area (Å²) in [6.45, 7) is 0.551. The van der Waals surface area contributed by atoms with Crippen molar-refractivity contribution in [3.05, 3.63) is 52.9 Å². The molecule has 168 valence electrons. The number of rotatable bonds is 6. The molecule has 4 heterocycles. The first-order valence-electron chi connectivity index (χ1n) is 10.1. The Morgan fingerprint density at radius 1 is 1.24 bits per heavy atom. The first-order valence-corrected chi connectivity index (χ1v) is 10.5. The number of aromatic nitrogens is 6. The summed E-state index contributed by atoms with van der Waals surface area (Å²) in [5.41, 5.74) is 3.77. The van der Waals surface area contributed by atoms with E-state index >= 15 is 0 Å². The zero-order valence-electron chi connectivity index (χ0n) is 17.8. The van der Waals surface area contributed by atoms with E-state index in [1.165, 1.54) is 4.80 Å². The summed E-state index contributed by atoms with van der Waals surface area (Å²) >= 11 is 6.30. The van der Waals surface area contributed by atoms with Crippen LogP contribution in [0.5, 0.6) is 5.75 Å². The molecule has 1 aliphatic heterocycles. The topological polar surface area (TPSA) is 135 Å². The quantitative estimate of drug-likeness (QED) is 0.341. The molecule has 1 aromatic carbocycles. The first-order chi connectivity index (χ1) is 16.0. The summed E-state index contributed by atoms with van der Waals surface area (Å²) in [6, 6.07) is 7.13. The third-order valence-corrected chi connectivity index (χ3v) is 5.44. The molecule has 4 aromatic rings. The molecule has 0 fully saturated rings. The van der Waals surface area contributed by atoms with Gasteiger partial charge in [0.05, 0.1) is 46.7 Å². The molecule has 0 aliphatic carbocycles. The normalized spacial score (nSPS) is 12.8. The van der Waals surface area contributed by atoms with E-state index in [4.69, 9.17) is 16.3 Å². The molecular weight excluding hydrogens is 446 g/mol. The number of fused-ring (bicyclic) bond motifs is 1. The number of nitrogens with zero attached hydrogens (tertiary/aromatic N) is 5. The molecule has 1 amide bonds. The van der Waals surface area contributed by atoms with Gasteiger partial charge in [-0.15, -0.1) is 5.10 Å². The van der Waals surface area contributed by atoms with Crippen molar-refractivity contribution in [2.45, 2.75) is 6.42 Å². The van der Waals surface area contributed by atoms with E-state index in [-0.39, 0.29) is 5.91 Å². The molecule has 4 N–H and O–H groups in total. The standard InChI is InChI=1S/C21H20ClN9O2/c1-31-25-10-15(30-31)29-21-24-9-7-13(28-21)17-18(16-12(26-17)6-8-23-20(16)32)27-14-5-3-4-11(22)19(14)33-2/h3-5,7,9-10,26-27H,6,8H2,1-2H3,(H,23,32)(H,24,28,29,30).